The standard InChI is InChI=1S/C11H22N2.ClH/c1-9-3-4-11(7-9)13-6-5-12-8-10(13)2;/h9-12H,3-8H2,1-2H3;1H/t9?,10-,11?;/m1./s1. The van der Waals surface area contributed by atoms with Crippen molar-refractivity contribution in [1.29, 1.82) is 0 Å². The van der Waals surface area contributed by atoms with Gasteiger partial charge >= 0.3 is 0 Å². The van der Waals surface area contributed by atoms with Gasteiger partial charge in [-0.05, 0) is 32.1 Å². The molecule has 1 heterocycles. The monoisotopic (exact) mass is 218 g/mol. The molecule has 3 heteroatoms. The Balaban J connectivity index is 0.000000980. The smallest absolute Gasteiger partial charge is 0.0195 e. The maximum absolute atomic E-state index is 3.46. The summed E-state index contributed by atoms with van der Waals surface area (Å²) in [4.78, 5) is 2.72. The quantitative estimate of drug-likeness (QED) is 0.723. The Morgan fingerprint density at radius 1 is 1.21 bits per heavy atom. The second-order valence-electron chi connectivity index (χ2n) is 4.86. The first kappa shape index (κ1) is 12.3. The zero-order valence-corrected chi connectivity index (χ0v) is 10.1. The molecule has 2 fully saturated rings. The maximum Gasteiger partial charge on any atom is 0.0195 e. The Morgan fingerprint density at radius 2 is 2.00 bits per heavy atom. The van der Waals surface area contributed by atoms with Crippen LogP contribution in [0.3, 0.4) is 0 Å². The first-order chi connectivity index (χ1) is 6.27. The third-order valence-electron chi connectivity index (χ3n) is 3.69. The first-order valence-corrected chi connectivity index (χ1v) is 5.74. The van der Waals surface area contributed by atoms with Gasteiger partial charge in [-0.2, -0.15) is 0 Å². The molecule has 0 amide bonds. The van der Waals surface area contributed by atoms with Gasteiger partial charge in [-0.25, -0.2) is 0 Å². The van der Waals surface area contributed by atoms with Crippen LogP contribution in [0.1, 0.15) is 33.1 Å². The first-order valence-electron chi connectivity index (χ1n) is 5.74. The molecule has 84 valence electrons. The van der Waals surface area contributed by atoms with Crippen LogP contribution in [-0.4, -0.2) is 36.6 Å². The third kappa shape index (κ3) is 2.62. The van der Waals surface area contributed by atoms with Gasteiger partial charge in [-0.1, -0.05) is 6.92 Å². The second-order valence-corrected chi connectivity index (χ2v) is 4.86. The summed E-state index contributed by atoms with van der Waals surface area (Å²) in [7, 11) is 0. The van der Waals surface area contributed by atoms with Crippen molar-refractivity contribution in [3.8, 4) is 0 Å². The highest BCUT2D eigenvalue weighted by Gasteiger charge is 2.30. The fraction of sp³-hybridized carbons (Fsp3) is 1.00. The molecule has 3 atom stereocenters. The lowest BCUT2D eigenvalue weighted by Gasteiger charge is -2.38. The van der Waals surface area contributed by atoms with E-state index in [9.17, 15) is 0 Å². The molecule has 0 aromatic heterocycles. The van der Waals surface area contributed by atoms with E-state index < -0.39 is 0 Å². The van der Waals surface area contributed by atoms with E-state index in [4.69, 9.17) is 0 Å². The summed E-state index contributed by atoms with van der Waals surface area (Å²) >= 11 is 0. The summed E-state index contributed by atoms with van der Waals surface area (Å²) in [6.45, 7) is 8.39. The highest BCUT2D eigenvalue weighted by molar-refractivity contribution is 5.85. The van der Waals surface area contributed by atoms with Crippen molar-refractivity contribution in [2.24, 2.45) is 5.92 Å². The predicted molar refractivity (Wildman–Crippen MR) is 63.1 cm³/mol. The van der Waals surface area contributed by atoms with Crippen LogP contribution in [0, 0.1) is 5.92 Å². The van der Waals surface area contributed by atoms with Gasteiger partial charge in [0.25, 0.3) is 0 Å². The minimum Gasteiger partial charge on any atom is -0.314 e. The van der Waals surface area contributed by atoms with Crippen molar-refractivity contribution in [3.63, 3.8) is 0 Å². The summed E-state index contributed by atoms with van der Waals surface area (Å²) in [5.41, 5.74) is 0. The van der Waals surface area contributed by atoms with E-state index >= 15 is 0 Å². The van der Waals surface area contributed by atoms with Gasteiger partial charge in [0, 0.05) is 31.7 Å². The number of hydrogen-bond donors (Lipinski definition) is 1. The van der Waals surface area contributed by atoms with E-state index in [1.165, 1.54) is 38.9 Å². The van der Waals surface area contributed by atoms with Crippen molar-refractivity contribution in [1.82, 2.24) is 10.2 Å². The highest BCUT2D eigenvalue weighted by Crippen LogP contribution is 2.30. The van der Waals surface area contributed by atoms with E-state index in [1.54, 1.807) is 0 Å². The molecule has 0 spiro atoms. The Hall–Kier alpha value is 0.210. The van der Waals surface area contributed by atoms with E-state index in [0.717, 1.165) is 18.0 Å². The topological polar surface area (TPSA) is 15.3 Å². The number of rotatable bonds is 1. The molecule has 1 N–H and O–H groups in total. The molecule has 0 bridgehead atoms. The number of nitrogens with one attached hydrogen (secondary N) is 1. The molecule has 1 saturated carbocycles. The van der Waals surface area contributed by atoms with Crippen molar-refractivity contribution >= 4 is 12.4 Å². The molecule has 2 aliphatic rings. The van der Waals surface area contributed by atoms with Gasteiger partial charge in [0.05, 0.1) is 0 Å². The van der Waals surface area contributed by atoms with E-state index in [-0.39, 0.29) is 12.4 Å². The zero-order valence-electron chi connectivity index (χ0n) is 9.33. The predicted octanol–water partition coefficient (Wildman–Crippen LogP) is 1.89. The van der Waals surface area contributed by atoms with Gasteiger partial charge in [0.15, 0.2) is 0 Å². The van der Waals surface area contributed by atoms with Gasteiger partial charge < -0.3 is 5.32 Å². The van der Waals surface area contributed by atoms with Gasteiger partial charge in [0.1, 0.15) is 0 Å². The maximum atomic E-state index is 3.46. The lowest BCUT2D eigenvalue weighted by atomic mass is 10.1. The lowest BCUT2D eigenvalue weighted by Crippen LogP contribution is -2.53. The molecule has 14 heavy (non-hydrogen) atoms. The minimum absolute atomic E-state index is 0. The number of piperazine rings is 1. The molecular weight excluding hydrogens is 196 g/mol. The SMILES string of the molecule is CC1CCC(N2CCNC[C@H]2C)C1.Cl. The Kier molecular flexibility index (Phi) is 4.68. The second kappa shape index (κ2) is 5.34. The third-order valence-corrected chi connectivity index (χ3v) is 3.69. The molecule has 1 aliphatic carbocycles. The van der Waals surface area contributed by atoms with Crippen molar-refractivity contribution in [2.75, 3.05) is 19.6 Å². The molecule has 0 aromatic carbocycles. The van der Waals surface area contributed by atoms with Crippen LogP contribution >= 0.6 is 12.4 Å². The van der Waals surface area contributed by atoms with Crippen LogP contribution in [-0.2, 0) is 0 Å². The zero-order chi connectivity index (χ0) is 9.26. The van der Waals surface area contributed by atoms with Crippen LogP contribution in [0.2, 0.25) is 0 Å². The average Bonchev–Trinajstić information content (AvgIpc) is 2.53. The fourth-order valence-corrected chi connectivity index (χ4v) is 2.88. The molecule has 1 saturated heterocycles. The summed E-state index contributed by atoms with van der Waals surface area (Å²) in [6.07, 6.45) is 4.32. The number of hydrogen-bond acceptors (Lipinski definition) is 2. The van der Waals surface area contributed by atoms with E-state index in [0.29, 0.717) is 0 Å². The molecule has 2 unspecified atom stereocenters. The van der Waals surface area contributed by atoms with Crippen molar-refractivity contribution in [3.05, 3.63) is 0 Å². The van der Waals surface area contributed by atoms with Crippen LogP contribution in [0.5, 0.6) is 0 Å². The highest BCUT2D eigenvalue weighted by atomic mass is 35.5. The van der Waals surface area contributed by atoms with Gasteiger partial charge in [0.2, 0.25) is 0 Å². The lowest BCUT2D eigenvalue weighted by molar-refractivity contribution is 0.117. The number of halogens is 1. The Bertz CT molecular complexity index is 175. The minimum atomic E-state index is 0. The summed E-state index contributed by atoms with van der Waals surface area (Å²) in [5, 5.41) is 3.46. The summed E-state index contributed by atoms with van der Waals surface area (Å²) < 4.78 is 0. The molecule has 0 aromatic rings. The Labute approximate surface area is 93.8 Å². The molecule has 2 nitrogen and oxygen atoms in total. The van der Waals surface area contributed by atoms with Gasteiger partial charge in [-0.15, -0.1) is 12.4 Å². The van der Waals surface area contributed by atoms with Gasteiger partial charge in [-0.3, -0.25) is 4.90 Å². The average molecular weight is 219 g/mol. The summed E-state index contributed by atoms with van der Waals surface area (Å²) in [5.74, 6) is 0.965. The normalized spacial score (nSPS) is 39.4. The number of nitrogens with zero attached hydrogens (tertiary/aromatic N) is 1. The molecular formula is C11H23ClN2. The molecule has 0 radical (unpaired) electrons. The van der Waals surface area contributed by atoms with Crippen molar-refractivity contribution < 1.29 is 0 Å². The van der Waals surface area contributed by atoms with Crippen LogP contribution < -0.4 is 5.32 Å². The Morgan fingerprint density at radius 3 is 2.57 bits per heavy atom. The van der Waals surface area contributed by atoms with E-state index in [1.807, 2.05) is 0 Å². The van der Waals surface area contributed by atoms with E-state index in [2.05, 4.69) is 24.1 Å². The molecule has 2 rings (SSSR count). The molecule has 1 aliphatic heterocycles. The van der Waals surface area contributed by atoms with Crippen LogP contribution in [0.4, 0.5) is 0 Å². The fourth-order valence-electron chi connectivity index (χ4n) is 2.88. The van der Waals surface area contributed by atoms with Crippen LogP contribution in [0.25, 0.3) is 0 Å². The largest absolute Gasteiger partial charge is 0.314 e. The van der Waals surface area contributed by atoms with Crippen LogP contribution in [0.15, 0.2) is 0 Å². The summed E-state index contributed by atoms with van der Waals surface area (Å²) in [6, 6.07) is 1.65. The van der Waals surface area contributed by atoms with Crippen molar-refractivity contribution in [2.45, 2.75) is 45.2 Å².